The van der Waals surface area contributed by atoms with E-state index in [0.717, 1.165) is 22.0 Å². The summed E-state index contributed by atoms with van der Waals surface area (Å²) in [6.45, 7) is 8.70. The molecule has 4 rings (SSSR count). The van der Waals surface area contributed by atoms with Gasteiger partial charge in [0.25, 0.3) is 5.91 Å². The zero-order valence-corrected chi connectivity index (χ0v) is 21.3. The van der Waals surface area contributed by atoms with E-state index in [1.54, 1.807) is 12.1 Å². The van der Waals surface area contributed by atoms with Crippen molar-refractivity contribution in [1.29, 1.82) is 0 Å². The number of ether oxygens (including phenoxy) is 1. The van der Waals surface area contributed by atoms with E-state index in [0.29, 0.717) is 45.0 Å². The lowest BCUT2D eigenvalue weighted by molar-refractivity contribution is 0.0938. The lowest BCUT2D eigenvalue weighted by atomic mass is 9.99. The van der Waals surface area contributed by atoms with Crippen LogP contribution in [0, 0.1) is 0 Å². The number of carbonyl (C=O) groups excluding carboxylic acids is 1. The van der Waals surface area contributed by atoms with Crippen molar-refractivity contribution in [2.45, 2.75) is 31.7 Å². The molecule has 3 aromatic rings. The maximum Gasteiger partial charge on any atom is 0.253 e. The second-order valence-corrected chi connectivity index (χ2v) is 10.6. The van der Waals surface area contributed by atoms with Crippen LogP contribution in [0.4, 0.5) is 5.69 Å². The third kappa shape index (κ3) is 5.19. The first-order valence-electron chi connectivity index (χ1n) is 12.1. The van der Waals surface area contributed by atoms with Crippen LogP contribution in [-0.4, -0.2) is 58.0 Å². The average molecular weight is 496 g/mol. The molecule has 8 heteroatoms. The van der Waals surface area contributed by atoms with Crippen molar-refractivity contribution >= 4 is 32.4 Å². The number of anilines is 1. The Labute approximate surface area is 207 Å². The molecule has 1 saturated heterocycles. The molecular weight excluding hydrogens is 462 g/mol. The van der Waals surface area contributed by atoms with Crippen molar-refractivity contribution in [2.24, 2.45) is 0 Å². The number of morpholine rings is 1. The number of hydrogen-bond acceptors (Lipinski definition) is 5. The lowest BCUT2D eigenvalue weighted by Gasteiger charge is -2.31. The third-order valence-corrected chi connectivity index (χ3v) is 8.59. The zero-order valence-electron chi connectivity index (χ0n) is 20.5. The fraction of sp³-hybridized carbons (Fsp3) is 0.370. The molecule has 186 valence electrons. The molecule has 0 bridgehead atoms. The second-order valence-electron chi connectivity index (χ2n) is 8.63. The van der Waals surface area contributed by atoms with E-state index in [1.807, 2.05) is 63.2 Å². The molecule has 0 aromatic heterocycles. The van der Waals surface area contributed by atoms with Gasteiger partial charge in [0.15, 0.2) is 0 Å². The van der Waals surface area contributed by atoms with Gasteiger partial charge in [0.2, 0.25) is 10.0 Å². The largest absolute Gasteiger partial charge is 0.378 e. The fourth-order valence-corrected chi connectivity index (χ4v) is 6.12. The molecule has 0 saturated carbocycles. The number of carbonyl (C=O) groups is 1. The monoisotopic (exact) mass is 495 g/mol. The number of benzene rings is 3. The van der Waals surface area contributed by atoms with Crippen LogP contribution in [0.15, 0.2) is 65.6 Å². The first-order chi connectivity index (χ1) is 16.9. The molecule has 1 aliphatic rings. The van der Waals surface area contributed by atoms with Crippen LogP contribution >= 0.6 is 0 Å². The number of hydrogen-bond donors (Lipinski definition) is 1. The van der Waals surface area contributed by atoms with E-state index < -0.39 is 10.0 Å². The summed E-state index contributed by atoms with van der Waals surface area (Å²) in [6.07, 6.45) is 0. The predicted molar refractivity (Wildman–Crippen MR) is 139 cm³/mol. The van der Waals surface area contributed by atoms with E-state index in [-0.39, 0.29) is 16.8 Å². The van der Waals surface area contributed by atoms with E-state index in [2.05, 4.69) is 10.2 Å². The number of rotatable bonds is 8. The van der Waals surface area contributed by atoms with Crippen molar-refractivity contribution in [3.05, 3.63) is 71.8 Å². The summed E-state index contributed by atoms with van der Waals surface area (Å²) < 4.78 is 33.3. The molecule has 1 fully saturated rings. The third-order valence-electron chi connectivity index (χ3n) is 6.55. The van der Waals surface area contributed by atoms with Gasteiger partial charge in [-0.2, -0.15) is 4.31 Å². The number of nitrogens with zero attached hydrogens (tertiary/aromatic N) is 2. The SMILES string of the molecule is CCN(CC)S(=O)(=O)c1ccc(N2CCOCC2)c(C(=O)NC(C)c2cccc3ccccc23)c1. The minimum Gasteiger partial charge on any atom is -0.378 e. The van der Waals surface area contributed by atoms with Gasteiger partial charge >= 0.3 is 0 Å². The smallest absolute Gasteiger partial charge is 0.253 e. The second kappa shape index (κ2) is 10.8. The summed E-state index contributed by atoms with van der Waals surface area (Å²) in [4.78, 5) is 15.8. The maximum absolute atomic E-state index is 13.6. The molecule has 1 aliphatic heterocycles. The van der Waals surface area contributed by atoms with Crippen LogP contribution < -0.4 is 10.2 Å². The minimum absolute atomic E-state index is 0.126. The fourth-order valence-electron chi connectivity index (χ4n) is 4.63. The molecule has 1 heterocycles. The topological polar surface area (TPSA) is 79.0 Å². The normalized spacial score (nSPS) is 15.4. The molecule has 35 heavy (non-hydrogen) atoms. The number of sulfonamides is 1. The molecular formula is C27H33N3O4S. The van der Waals surface area contributed by atoms with E-state index >= 15 is 0 Å². The van der Waals surface area contributed by atoms with Crippen molar-refractivity contribution in [2.75, 3.05) is 44.3 Å². The predicted octanol–water partition coefficient (Wildman–Crippen LogP) is 4.20. The van der Waals surface area contributed by atoms with E-state index in [1.165, 1.54) is 10.4 Å². The summed E-state index contributed by atoms with van der Waals surface area (Å²) in [7, 11) is -3.70. The van der Waals surface area contributed by atoms with Gasteiger partial charge < -0.3 is 15.0 Å². The highest BCUT2D eigenvalue weighted by atomic mass is 32.2. The molecule has 1 unspecified atom stereocenters. The van der Waals surface area contributed by atoms with Gasteiger partial charge in [-0.1, -0.05) is 56.3 Å². The molecule has 0 spiro atoms. The number of amides is 1. The lowest BCUT2D eigenvalue weighted by Crippen LogP contribution is -2.38. The first kappa shape index (κ1) is 25.2. The summed E-state index contributed by atoms with van der Waals surface area (Å²) in [6, 6.07) is 18.7. The number of nitrogens with one attached hydrogen (secondary N) is 1. The highest BCUT2D eigenvalue weighted by molar-refractivity contribution is 7.89. The van der Waals surface area contributed by atoms with Crippen molar-refractivity contribution in [3.8, 4) is 0 Å². The molecule has 0 radical (unpaired) electrons. The molecule has 1 amide bonds. The summed E-state index contributed by atoms with van der Waals surface area (Å²) in [5, 5.41) is 5.30. The van der Waals surface area contributed by atoms with Gasteiger partial charge in [0.05, 0.1) is 29.7 Å². The van der Waals surface area contributed by atoms with Gasteiger partial charge in [0.1, 0.15) is 0 Å². The molecule has 1 N–H and O–H groups in total. The Morgan fingerprint density at radius 2 is 1.71 bits per heavy atom. The van der Waals surface area contributed by atoms with E-state index in [4.69, 9.17) is 4.74 Å². The van der Waals surface area contributed by atoms with Crippen molar-refractivity contribution in [3.63, 3.8) is 0 Å². The number of fused-ring (bicyclic) bond motifs is 1. The van der Waals surface area contributed by atoms with Crippen LogP contribution in [0.5, 0.6) is 0 Å². The van der Waals surface area contributed by atoms with Crippen molar-refractivity contribution < 1.29 is 17.9 Å². The molecule has 7 nitrogen and oxygen atoms in total. The average Bonchev–Trinajstić information content (AvgIpc) is 2.89. The van der Waals surface area contributed by atoms with Crippen LogP contribution in [0.1, 0.15) is 42.7 Å². The van der Waals surface area contributed by atoms with Crippen molar-refractivity contribution in [1.82, 2.24) is 9.62 Å². The first-order valence-corrected chi connectivity index (χ1v) is 13.6. The van der Waals surface area contributed by atoms with Gasteiger partial charge in [0, 0.05) is 31.9 Å². The van der Waals surface area contributed by atoms with Gasteiger partial charge in [-0.3, -0.25) is 4.79 Å². The minimum atomic E-state index is -3.70. The zero-order chi connectivity index (χ0) is 25.0. The highest BCUT2D eigenvalue weighted by Crippen LogP contribution is 2.29. The Morgan fingerprint density at radius 1 is 1.03 bits per heavy atom. The molecule has 3 aromatic carbocycles. The van der Waals surface area contributed by atoms with Gasteiger partial charge in [-0.15, -0.1) is 0 Å². The Morgan fingerprint density at radius 3 is 2.43 bits per heavy atom. The Hall–Kier alpha value is -2.94. The molecule has 0 aliphatic carbocycles. The van der Waals surface area contributed by atoms with Gasteiger partial charge in [-0.05, 0) is 41.5 Å². The molecule has 1 atom stereocenters. The van der Waals surface area contributed by atoms with Gasteiger partial charge in [-0.25, -0.2) is 8.42 Å². The quantitative estimate of drug-likeness (QED) is 0.507. The maximum atomic E-state index is 13.6. The Balaban J connectivity index is 1.71. The Kier molecular flexibility index (Phi) is 7.74. The van der Waals surface area contributed by atoms with Crippen LogP contribution in [-0.2, 0) is 14.8 Å². The van der Waals surface area contributed by atoms with Crippen LogP contribution in [0.25, 0.3) is 10.8 Å². The van der Waals surface area contributed by atoms with Crippen LogP contribution in [0.2, 0.25) is 0 Å². The standard InChI is InChI=1S/C27H33N3O4S/c1-4-30(5-2)35(32,33)22-13-14-26(29-15-17-34-18-16-29)25(19-22)27(31)28-20(3)23-12-8-10-21-9-6-7-11-24(21)23/h6-14,19-20H,4-5,15-18H2,1-3H3,(H,28,31). The Bertz CT molecular complexity index is 1290. The highest BCUT2D eigenvalue weighted by Gasteiger charge is 2.27. The summed E-state index contributed by atoms with van der Waals surface area (Å²) in [5.74, 6) is -0.302. The van der Waals surface area contributed by atoms with Crippen LogP contribution in [0.3, 0.4) is 0 Å². The summed E-state index contributed by atoms with van der Waals surface area (Å²) >= 11 is 0. The van der Waals surface area contributed by atoms with E-state index in [9.17, 15) is 13.2 Å². The summed E-state index contributed by atoms with van der Waals surface area (Å²) in [5.41, 5.74) is 2.08.